The SMILES string of the molecule is C1=CC2C=Cc3oc4c(-c5ccccc5)ccc(C5CC(c6ccccc6)CC(c6ccc7c(c6)oc6ccccc67)C5)c4c3C2C=C1. The van der Waals surface area contributed by atoms with Crippen LogP contribution in [0.25, 0.3) is 50.1 Å². The highest BCUT2D eigenvalue weighted by molar-refractivity contribution is 6.05. The van der Waals surface area contributed by atoms with E-state index < -0.39 is 0 Å². The molecule has 10 rings (SSSR count). The van der Waals surface area contributed by atoms with Crippen molar-refractivity contribution in [1.82, 2.24) is 0 Å². The summed E-state index contributed by atoms with van der Waals surface area (Å²) in [5.74, 6) is 2.88. The Bertz CT molecular complexity index is 2400. The Labute approximate surface area is 280 Å². The van der Waals surface area contributed by atoms with E-state index in [0.29, 0.717) is 23.7 Å². The molecular formula is C46H36O2. The summed E-state index contributed by atoms with van der Waals surface area (Å²) in [7, 11) is 0. The molecule has 5 aromatic carbocycles. The number of benzene rings is 5. The first-order valence-corrected chi connectivity index (χ1v) is 17.4. The van der Waals surface area contributed by atoms with Crippen LogP contribution in [0.2, 0.25) is 0 Å². The molecular weight excluding hydrogens is 585 g/mol. The summed E-state index contributed by atoms with van der Waals surface area (Å²) >= 11 is 0. The number of hydrogen-bond donors (Lipinski definition) is 0. The van der Waals surface area contributed by atoms with Crippen molar-refractivity contribution >= 4 is 39.0 Å². The van der Waals surface area contributed by atoms with Crippen LogP contribution >= 0.6 is 0 Å². The van der Waals surface area contributed by atoms with Crippen LogP contribution in [0.5, 0.6) is 0 Å². The monoisotopic (exact) mass is 620 g/mol. The van der Waals surface area contributed by atoms with E-state index in [9.17, 15) is 0 Å². The maximum Gasteiger partial charge on any atom is 0.143 e. The molecule has 2 heteroatoms. The van der Waals surface area contributed by atoms with Crippen LogP contribution in [0, 0.1) is 5.92 Å². The average molecular weight is 621 g/mol. The van der Waals surface area contributed by atoms with Gasteiger partial charge in [0.15, 0.2) is 0 Å². The number of hydrogen-bond acceptors (Lipinski definition) is 2. The Kier molecular flexibility index (Phi) is 6.43. The van der Waals surface area contributed by atoms with Gasteiger partial charge in [0, 0.05) is 39.1 Å². The molecule has 0 saturated heterocycles. The van der Waals surface area contributed by atoms with E-state index in [0.717, 1.165) is 41.8 Å². The van der Waals surface area contributed by atoms with Gasteiger partial charge in [-0.1, -0.05) is 134 Å². The van der Waals surface area contributed by atoms with Crippen molar-refractivity contribution in [2.75, 3.05) is 0 Å². The maximum absolute atomic E-state index is 6.90. The highest BCUT2D eigenvalue weighted by Crippen LogP contribution is 2.53. The second-order valence-electron chi connectivity index (χ2n) is 13.9. The molecule has 1 fully saturated rings. The fourth-order valence-corrected chi connectivity index (χ4v) is 9.04. The average Bonchev–Trinajstić information content (AvgIpc) is 3.74. The smallest absolute Gasteiger partial charge is 0.143 e. The second kappa shape index (κ2) is 11.1. The van der Waals surface area contributed by atoms with E-state index >= 15 is 0 Å². The molecule has 0 radical (unpaired) electrons. The quantitative estimate of drug-likeness (QED) is 0.196. The first-order valence-electron chi connectivity index (χ1n) is 17.4. The van der Waals surface area contributed by atoms with Crippen molar-refractivity contribution in [2.24, 2.45) is 5.92 Å². The molecule has 2 aromatic heterocycles. The van der Waals surface area contributed by atoms with E-state index in [4.69, 9.17) is 8.83 Å². The topological polar surface area (TPSA) is 26.3 Å². The summed E-state index contributed by atoms with van der Waals surface area (Å²) in [5.41, 5.74) is 10.9. The number of furan rings is 2. The number of fused-ring (bicyclic) bond motifs is 8. The van der Waals surface area contributed by atoms with Crippen LogP contribution in [-0.4, -0.2) is 0 Å². The van der Waals surface area contributed by atoms with E-state index in [1.165, 1.54) is 49.5 Å². The van der Waals surface area contributed by atoms with Gasteiger partial charge >= 0.3 is 0 Å². The zero-order valence-electron chi connectivity index (χ0n) is 26.8. The molecule has 48 heavy (non-hydrogen) atoms. The minimum atomic E-state index is 0.279. The molecule has 3 aliphatic rings. The van der Waals surface area contributed by atoms with Crippen molar-refractivity contribution in [3.63, 3.8) is 0 Å². The molecule has 0 bridgehead atoms. The molecule has 1 saturated carbocycles. The zero-order valence-corrected chi connectivity index (χ0v) is 26.8. The molecule has 0 aliphatic heterocycles. The lowest BCUT2D eigenvalue weighted by Crippen LogP contribution is -2.20. The Morgan fingerprint density at radius 3 is 2.15 bits per heavy atom. The van der Waals surface area contributed by atoms with E-state index in [1.807, 2.05) is 0 Å². The summed E-state index contributed by atoms with van der Waals surface area (Å²) in [6.45, 7) is 0. The van der Waals surface area contributed by atoms with E-state index in [-0.39, 0.29) is 5.92 Å². The fraction of sp³-hybridized carbons (Fsp3) is 0.174. The zero-order chi connectivity index (χ0) is 31.6. The minimum Gasteiger partial charge on any atom is -0.456 e. The third-order valence-electron chi connectivity index (χ3n) is 11.3. The Balaban J connectivity index is 1.14. The summed E-state index contributed by atoms with van der Waals surface area (Å²) in [4.78, 5) is 0. The van der Waals surface area contributed by atoms with Gasteiger partial charge in [-0.05, 0) is 77.5 Å². The fourth-order valence-electron chi connectivity index (χ4n) is 9.04. The lowest BCUT2D eigenvalue weighted by Gasteiger charge is -2.36. The maximum atomic E-state index is 6.90. The molecule has 7 aromatic rings. The number of para-hydroxylation sites is 1. The van der Waals surface area contributed by atoms with Gasteiger partial charge in [-0.3, -0.25) is 0 Å². The normalized spacial score (nSPS) is 23.1. The van der Waals surface area contributed by atoms with Crippen LogP contribution in [0.3, 0.4) is 0 Å². The van der Waals surface area contributed by atoms with Crippen molar-refractivity contribution in [2.45, 2.75) is 42.9 Å². The minimum absolute atomic E-state index is 0.279. The lowest BCUT2D eigenvalue weighted by atomic mass is 9.67. The summed E-state index contributed by atoms with van der Waals surface area (Å²) in [6.07, 6.45) is 17.0. The van der Waals surface area contributed by atoms with Gasteiger partial charge in [0.05, 0.1) is 0 Å². The largest absolute Gasteiger partial charge is 0.456 e. The van der Waals surface area contributed by atoms with Gasteiger partial charge in [0.25, 0.3) is 0 Å². The molecule has 2 nitrogen and oxygen atoms in total. The van der Waals surface area contributed by atoms with Crippen LogP contribution < -0.4 is 0 Å². The predicted molar refractivity (Wildman–Crippen MR) is 197 cm³/mol. The van der Waals surface area contributed by atoms with Gasteiger partial charge in [-0.2, -0.15) is 0 Å². The van der Waals surface area contributed by atoms with E-state index in [2.05, 4.69) is 152 Å². The van der Waals surface area contributed by atoms with E-state index in [1.54, 1.807) is 0 Å². The first-order chi connectivity index (χ1) is 23.8. The standard InChI is InChI=1S/C46H36O2/c1-3-11-29(12-4-1)33-25-34(32-19-21-40-39-17-9-10-18-41(39)47-43(40)28-32)27-35(26-33)37-22-23-38(30-13-5-2-6-14-30)46-45(37)44-36-16-8-7-15-31(36)20-24-42(44)48-46/h1-24,28,31,33-36H,25-27H2. The Morgan fingerprint density at radius 1 is 0.542 bits per heavy atom. The Morgan fingerprint density at radius 2 is 1.27 bits per heavy atom. The Hall–Kier alpha value is -5.34. The number of allylic oxidation sites excluding steroid dienone is 5. The summed E-state index contributed by atoms with van der Waals surface area (Å²) < 4.78 is 13.3. The van der Waals surface area contributed by atoms with Crippen LogP contribution in [0.1, 0.15) is 70.9 Å². The predicted octanol–water partition coefficient (Wildman–Crippen LogP) is 12.7. The lowest BCUT2D eigenvalue weighted by molar-refractivity contribution is 0.352. The van der Waals surface area contributed by atoms with Gasteiger partial charge < -0.3 is 8.83 Å². The van der Waals surface area contributed by atoms with Gasteiger partial charge in [-0.15, -0.1) is 0 Å². The van der Waals surface area contributed by atoms with Crippen molar-refractivity contribution in [3.05, 3.63) is 174 Å². The van der Waals surface area contributed by atoms with Crippen LogP contribution in [0.15, 0.2) is 154 Å². The molecule has 2 heterocycles. The molecule has 3 aliphatic carbocycles. The van der Waals surface area contributed by atoms with Crippen molar-refractivity contribution in [3.8, 4) is 11.1 Å². The third-order valence-corrected chi connectivity index (χ3v) is 11.3. The van der Waals surface area contributed by atoms with Crippen LogP contribution in [0.4, 0.5) is 0 Å². The van der Waals surface area contributed by atoms with Gasteiger partial charge in [-0.25, -0.2) is 0 Å². The molecule has 232 valence electrons. The molecule has 0 spiro atoms. The van der Waals surface area contributed by atoms with Crippen molar-refractivity contribution in [1.29, 1.82) is 0 Å². The third kappa shape index (κ3) is 4.47. The van der Waals surface area contributed by atoms with Gasteiger partial charge in [0.1, 0.15) is 22.5 Å². The number of rotatable bonds is 4. The first kappa shape index (κ1) is 27.7. The summed E-state index contributed by atoms with van der Waals surface area (Å²) in [6, 6.07) is 42.0. The molecule has 5 atom stereocenters. The van der Waals surface area contributed by atoms with Crippen molar-refractivity contribution < 1.29 is 8.83 Å². The summed E-state index contributed by atoms with van der Waals surface area (Å²) in [5, 5.41) is 3.71. The molecule has 0 amide bonds. The highest BCUT2D eigenvalue weighted by atomic mass is 16.3. The highest BCUT2D eigenvalue weighted by Gasteiger charge is 2.36. The second-order valence-corrected chi connectivity index (χ2v) is 13.9. The molecule has 0 N–H and O–H groups in total. The van der Waals surface area contributed by atoms with Crippen LogP contribution in [-0.2, 0) is 0 Å². The van der Waals surface area contributed by atoms with Gasteiger partial charge in [0.2, 0.25) is 0 Å². The molecule has 5 unspecified atom stereocenters.